The molecule has 1 unspecified atom stereocenters. The zero-order valence-electron chi connectivity index (χ0n) is 19.3. The molecule has 2 N–H and O–H groups in total. The molecule has 178 valence electrons. The summed E-state index contributed by atoms with van der Waals surface area (Å²) in [5, 5.41) is 11.8. The number of hydrogen-bond donors (Lipinski definition) is 2. The molecule has 1 atom stereocenters. The molecule has 1 fully saturated rings. The fourth-order valence-corrected chi connectivity index (χ4v) is 4.39. The van der Waals surface area contributed by atoms with Crippen LogP contribution in [0.5, 0.6) is 11.5 Å². The molecule has 2 aromatic carbocycles. The number of rotatable bonds is 5. The molecular formula is C25H25N7O3. The molecule has 2 aliphatic rings. The minimum atomic E-state index is -0.366. The van der Waals surface area contributed by atoms with Crippen LogP contribution in [0.2, 0.25) is 0 Å². The van der Waals surface area contributed by atoms with E-state index in [4.69, 9.17) is 9.47 Å². The minimum Gasteiger partial charge on any atom is -0.454 e. The Morgan fingerprint density at radius 2 is 2.00 bits per heavy atom. The smallest absolute Gasteiger partial charge is 0.239 e. The van der Waals surface area contributed by atoms with Gasteiger partial charge in [-0.25, -0.2) is 14.6 Å². The van der Waals surface area contributed by atoms with E-state index in [1.165, 1.54) is 11.9 Å². The van der Waals surface area contributed by atoms with Gasteiger partial charge in [0, 0.05) is 32.4 Å². The van der Waals surface area contributed by atoms with Crippen LogP contribution in [0, 0.1) is 6.92 Å². The number of aryl methyl sites for hydroxylation is 1. The maximum absolute atomic E-state index is 13.0. The first kappa shape index (κ1) is 21.4. The summed E-state index contributed by atoms with van der Waals surface area (Å²) in [6, 6.07) is 13.5. The standard InChI is InChI=1S/C25H25N7O3/c1-16-2-5-18(6-3-16)32-12-19-23(30-32)28-14-29-24(19)31-9-8-26-20(13-31)25(33)27-11-17-4-7-21-22(10-17)35-15-34-21/h2-7,10,12,14,20,26H,8-9,11,13,15H2,1H3,(H,27,33). The van der Waals surface area contributed by atoms with Crippen LogP contribution in [0.25, 0.3) is 16.7 Å². The number of carbonyl (C=O) groups is 1. The van der Waals surface area contributed by atoms with Crippen molar-refractivity contribution in [3.05, 3.63) is 66.1 Å². The zero-order valence-corrected chi connectivity index (χ0v) is 19.3. The van der Waals surface area contributed by atoms with Gasteiger partial charge in [0.2, 0.25) is 12.7 Å². The predicted octanol–water partition coefficient (Wildman–Crippen LogP) is 1.95. The number of anilines is 1. The average molecular weight is 472 g/mol. The number of benzene rings is 2. The fraction of sp³-hybridized carbons (Fsp3) is 0.280. The topological polar surface area (TPSA) is 106 Å². The van der Waals surface area contributed by atoms with Crippen molar-refractivity contribution >= 4 is 22.8 Å². The molecule has 2 aliphatic heterocycles. The summed E-state index contributed by atoms with van der Waals surface area (Å²) in [4.78, 5) is 24.0. The first-order chi connectivity index (χ1) is 17.1. The monoisotopic (exact) mass is 471 g/mol. The van der Waals surface area contributed by atoms with Crippen LogP contribution in [-0.4, -0.2) is 58.1 Å². The number of nitrogens with one attached hydrogen (secondary N) is 2. The van der Waals surface area contributed by atoms with Gasteiger partial charge in [-0.1, -0.05) is 23.8 Å². The fourth-order valence-electron chi connectivity index (χ4n) is 4.39. The molecule has 0 saturated carbocycles. The third-order valence-electron chi connectivity index (χ3n) is 6.29. The average Bonchev–Trinajstić information content (AvgIpc) is 3.54. The van der Waals surface area contributed by atoms with Crippen LogP contribution in [0.4, 0.5) is 5.82 Å². The number of carbonyl (C=O) groups excluding carboxylic acids is 1. The van der Waals surface area contributed by atoms with Gasteiger partial charge in [0.15, 0.2) is 17.1 Å². The van der Waals surface area contributed by atoms with Crippen LogP contribution in [0.1, 0.15) is 11.1 Å². The Hall–Kier alpha value is -4.18. The molecular weight excluding hydrogens is 446 g/mol. The third-order valence-corrected chi connectivity index (χ3v) is 6.29. The number of aromatic nitrogens is 4. The van der Waals surface area contributed by atoms with Gasteiger partial charge in [-0.3, -0.25) is 4.79 Å². The SMILES string of the molecule is Cc1ccc(-n2cc3c(N4CCNC(C(=O)NCc5ccc6c(c5)OCO6)C4)ncnc3n2)cc1. The number of fused-ring (bicyclic) bond motifs is 2. The van der Waals surface area contributed by atoms with E-state index in [0.29, 0.717) is 31.0 Å². The summed E-state index contributed by atoms with van der Waals surface area (Å²) in [5.41, 5.74) is 3.73. The van der Waals surface area contributed by atoms with E-state index in [-0.39, 0.29) is 18.7 Å². The number of nitrogens with zero attached hydrogens (tertiary/aromatic N) is 5. The molecule has 2 aromatic heterocycles. The summed E-state index contributed by atoms with van der Waals surface area (Å²) >= 11 is 0. The molecule has 10 heteroatoms. The van der Waals surface area contributed by atoms with Crippen LogP contribution in [0.15, 0.2) is 55.0 Å². The van der Waals surface area contributed by atoms with Gasteiger partial charge in [-0.2, -0.15) is 0 Å². The van der Waals surface area contributed by atoms with Gasteiger partial charge in [0.05, 0.1) is 11.1 Å². The Morgan fingerprint density at radius 3 is 2.89 bits per heavy atom. The van der Waals surface area contributed by atoms with Crippen molar-refractivity contribution in [3.63, 3.8) is 0 Å². The zero-order chi connectivity index (χ0) is 23.8. The second-order valence-corrected chi connectivity index (χ2v) is 8.70. The first-order valence-electron chi connectivity index (χ1n) is 11.6. The van der Waals surface area contributed by atoms with Gasteiger partial charge in [-0.15, -0.1) is 5.10 Å². The molecule has 10 nitrogen and oxygen atoms in total. The summed E-state index contributed by atoms with van der Waals surface area (Å²) in [7, 11) is 0. The van der Waals surface area contributed by atoms with Crippen molar-refractivity contribution in [3.8, 4) is 17.2 Å². The van der Waals surface area contributed by atoms with Crippen LogP contribution < -0.4 is 25.0 Å². The lowest BCUT2D eigenvalue weighted by atomic mass is 10.1. The van der Waals surface area contributed by atoms with Crippen molar-refractivity contribution in [2.24, 2.45) is 0 Å². The summed E-state index contributed by atoms with van der Waals surface area (Å²) < 4.78 is 12.6. The van der Waals surface area contributed by atoms with E-state index in [0.717, 1.165) is 34.7 Å². The number of amides is 1. The first-order valence-corrected chi connectivity index (χ1v) is 11.6. The Kier molecular flexibility index (Phi) is 5.42. The lowest BCUT2D eigenvalue weighted by Gasteiger charge is -2.33. The maximum Gasteiger partial charge on any atom is 0.239 e. The molecule has 6 rings (SSSR count). The van der Waals surface area contributed by atoms with Crippen LogP contribution in [-0.2, 0) is 11.3 Å². The van der Waals surface area contributed by atoms with E-state index >= 15 is 0 Å². The highest BCUT2D eigenvalue weighted by Crippen LogP contribution is 2.32. The highest BCUT2D eigenvalue weighted by atomic mass is 16.7. The Bertz CT molecular complexity index is 1390. The lowest BCUT2D eigenvalue weighted by Crippen LogP contribution is -2.57. The molecule has 0 aliphatic carbocycles. The van der Waals surface area contributed by atoms with E-state index in [2.05, 4.69) is 49.7 Å². The highest BCUT2D eigenvalue weighted by Gasteiger charge is 2.27. The van der Waals surface area contributed by atoms with Crippen molar-refractivity contribution in [1.29, 1.82) is 0 Å². The normalized spacial score (nSPS) is 17.1. The van der Waals surface area contributed by atoms with Crippen LogP contribution in [0.3, 0.4) is 0 Å². The predicted molar refractivity (Wildman–Crippen MR) is 130 cm³/mol. The molecule has 0 radical (unpaired) electrons. The van der Waals surface area contributed by atoms with Crippen molar-refractivity contribution in [2.75, 3.05) is 31.3 Å². The number of piperazine rings is 1. The second kappa shape index (κ2) is 8.88. The van der Waals surface area contributed by atoms with E-state index < -0.39 is 0 Å². The van der Waals surface area contributed by atoms with Crippen molar-refractivity contribution in [1.82, 2.24) is 30.4 Å². The maximum atomic E-state index is 13.0. The Labute approximate surface area is 201 Å². The summed E-state index contributed by atoms with van der Waals surface area (Å²) in [6.45, 7) is 4.59. The van der Waals surface area contributed by atoms with E-state index in [1.54, 1.807) is 0 Å². The molecule has 4 aromatic rings. The van der Waals surface area contributed by atoms with E-state index in [1.807, 2.05) is 41.2 Å². The Morgan fingerprint density at radius 1 is 1.14 bits per heavy atom. The van der Waals surface area contributed by atoms with Gasteiger partial charge in [0.1, 0.15) is 18.2 Å². The number of hydrogen-bond acceptors (Lipinski definition) is 8. The second-order valence-electron chi connectivity index (χ2n) is 8.70. The molecule has 4 heterocycles. The highest BCUT2D eigenvalue weighted by molar-refractivity contribution is 5.88. The van der Waals surface area contributed by atoms with Gasteiger partial charge in [-0.05, 0) is 36.8 Å². The quantitative estimate of drug-likeness (QED) is 0.455. The number of ether oxygens (including phenoxy) is 2. The van der Waals surface area contributed by atoms with E-state index in [9.17, 15) is 4.79 Å². The molecule has 0 spiro atoms. The summed E-state index contributed by atoms with van der Waals surface area (Å²) in [6.07, 6.45) is 3.48. The Balaban J connectivity index is 1.17. The largest absolute Gasteiger partial charge is 0.454 e. The van der Waals surface area contributed by atoms with Gasteiger partial charge < -0.3 is 25.0 Å². The minimum absolute atomic E-state index is 0.0620. The van der Waals surface area contributed by atoms with Crippen LogP contribution >= 0.6 is 0 Å². The third kappa shape index (κ3) is 4.24. The van der Waals surface area contributed by atoms with Crippen molar-refractivity contribution < 1.29 is 14.3 Å². The summed E-state index contributed by atoms with van der Waals surface area (Å²) in [5.74, 6) is 2.15. The molecule has 0 bridgehead atoms. The van der Waals surface area contributed by atoms with Crippen molar-refractivity contribution in [2.45, 2.75) is 19.5 Å². The van der Waals surface area contributed by atoms with Gasteiger partial charge in [0.25, 0.3) is 0 Å². The lowest BCUT2D eigenvalue weighted by molar-refractivity contribution is -0.123. The van der Waals surface area contributed by atoms with Gasteiger partial charge >= 0.3 is 0 Å². The molecule has 35 heavy (non-hydrogen) atoms. The molecule has 1 saturated heterocycles. The molecule has 1 amide bonds.